The first-order chi connectivity index (χ1) is 14.7. The van der Waals surface area contributed by atoms with Gasteiger partial charge in [0.05, 0.1) is 17.0 Å². The quantitative estimate of drug-likeness (QED) is 0.704. The molecule has 152 valence electrons. The summed E-state index contributed by atoms with van der Waals surface area (Å²) in [7, 11) is 0. The lowest BCUT2D eigenvalue weighted by atomic mass is 9.95. The molecular weight excluding hydrogens is 376 g/mol. The predicted octanol–water partition coefficient (Wildman–Crippen LogP) is 3.30. The van der Waals surface area contributed by atoms with E-state index in [1.165, 1.54) is 19.3 Å². The Labute approximate surface area is 175 Å². The zero-order valence-corrected chi connectivity index (χ0v) is 16.8. The summed E-state index contributed by atoms with van der Waals surface area (Å²) in [4.78, 5) is 32.0. The molecule has 1 spiro atoms. The highest BCUT2D eigenvalue weighted by atomic mass is 16.1. The number of aromatic amines is 1. The third-order valence-electron chi connectivity index (χ3n) is 6.65. The number of aromatic nitrogens is 4. The molecular formula is C23H24N6O. The van der Waals surface area contributed by atoms with Crippen LogP contribution in [0.1, 0.15) is 48.2 Å². The SMILES string of the molecule is O=C1NCC2(CC2)c2[nH]c(-c3ccnc(-c4ccc(N5CCCCC5)nc4)n3)cc21. The van der Waals surface area contributed by atoms with E-state index in [4.69, 9.17) is 4.98 Å². The van der Waals surface area contributed by atoms with Crippen LogP contribution in [-0.4, -0.2) is 45.5 Å². The highest BCUT2D eigenvalue weighted by Gasteiger charge is 2.50. The molecule has 2 aliphatic heterocycles. The molecule has 3 aromatic heterocycles. The number of amides is 1. The second-order valence-electron chi connectivity index (χ2n) is 8.65. The Bertz CT molecular complexity index is 1110. The number of H-pyrrole nitrogens is 1. The van der Waals surface area contributed by atoms with Gasteiger partial charge in [-0.3, -0.25) is 4.79 Å². The maximum atomic E-state index is 12.3. The number of carbonyl (C=O) groups excluding carboxylic acids is 1. The third-order valence-corrected chi connectivity index (χ3v) is 6.65. The van der Waals surface area contributed by atoms with Gasteiger partial charge >= 0.3 is 0 Å². The Balaban J connectivity index is 1.30. The van der Waals surface area contributed by atoms with E-state index in [1.54, 1.807) is 6.20 Å². The number of nitrogens with one attached hydrogen (secondary N) is 2. The minimum absolute atomic E-state index is 0.00296. The molecule has 3 aliphatic rings. The minimum Gasteiger partial charge on any atom is -0.357 e. The van der Waals surface area contributed by atoms with Crippen molar-refractivity contribution in [3.05, 3.63) is 47.9 Å². The Morgan fingerprint density at radius 2 is 1.90 bits per heavy atom. The molecule has 2 N–H and O–H groups in total. The van der Waals surface area contributed by atoms with Gasteiger partial charge in [-0.2, -0.15) is 0 Å². The van der Waals surface area contributed by atoms with Crippen LogP contribution in [0.3, 0.4) is 0 Å². The number of hydrogen-bond acceptors (Lipinski definition) is 5. The Morgan fingerprint density at radius 1 is 1.03 bits per heavy atom. The Morgan fingerprint density at radius 3 is 2.67 bits per heavy atom. The number of carbonyl (C=O) groups is 1. The fourth-order valence-electron chi connectivity index (χ4n) is 4.68. The van der Waals surface area contributed by atoms with Gasteiger partial charge < -0.3 is 15.2 Å². The van der Waals surface area contributed by atoms with E-state index in [2.05, 4.69) is 31.2 Å². The lowest BCUT2D eigenvalue weighted by molar-refractivity contribution is 0.0937. The standard InChI is InChI=1S/C23H24N6O/c30-22-16-12-18(27-20(16)23(7-8-23)14-26-22)17-6-9-24-21(28-17)15-4-5-19(25-13-15)29-10-2-1-3-11-29/h4-6,9,12-13,27H,1-3,7-8,10-11,14H2,(H,26,30). The summed E-state index contributed by atoms with van der Waals surface area (Å²) in [6.07, 6.45) is 9.62. The van der Waals surface area contributed by atoms with Gasteiger partial charge in [-0.1, -0.05) is 0 Å². The molecule has 7 heteroatoms. The third kappa shape index (κ3) is 2.88. The first kappa shape index (κ1) is 17.6. The first-order valence-corrected chi connectivity index (χ1v) is 10.8. The van der Waals surface area contributed by atoms with E-state index < -0.39 is 0 Å². The number of fused-ring (bicyclic) bond motifs is 2. The van der Waals surface area contributed by atoms with E-state index in [0.29, 0.717) is 5.82 Å². The van der Waals surface area contributed by atoms with Crippen LogP contribution < -0.4 is 10.2 Å². The molecule has 0 radical (unpaired) electrons. The lowest BCUT2D eigenvalue weighted by Crippen LogP contribution is -2.38. The molecule has 0 bridgehead atoms. The summed E-state index contributed by atoms with van der Waals surface area (Å²) in [5, 5.41) is 3.02. The van der Waals surface area contributed by atoms with Gasteiger partial charge in [0, 0.05) is 48.7 Å². The Hall–Kier alpha value is -3.22. The van der Waals surface area contributed by atoms with Gasteiger partial charge in [-0.25, -0.2) is 15.0 Å². The van der Waals surface area contributed by atoms with Crippen LogP contribution in [0.5, 0.6) is 0 Å². The molecule has 2 fully saturated rings. The highest BCUT2D eigenvalue weighted by molar-refractivity contribution is 5.98. The van der Waals surface area contributed by atoms with Crippen LogP contribution in [0.2, 0.25) is 0 Å². The van der Waals surface area contributed by atoms with Gasteiger partial charge in [-0.05, 0) is 56.4 Å². The number of anilines is 1. The summed E-state index contributed by atoms with van der Waals surface area (Å²) in [6, 6.07) is 7.91. The summed E-state index contributed by atoms with van der Waals surface area (Å²) < 4.78 is 0. The van der Waals surface area contributed by atoms with Crippen LogP contribution in [0.25, 0.3) is 22.8 Å². The number of nitrogens with zero attached hydrogens (tertiary/aromatic N) is 4. The molecule has 1 aliphatic carbocycles. The Kier molecular flexibility index (Phi) is 3.91. The van der Waals surface area contributed by atoms with Crippen LogP contribution >= 0.6 is 0 Å². The molecule has 0 atom stereocenters. The first-order valence-electron chi connectivity index (χ1n) is 10.8. The molecule has 1 amide bonds. The fraction of sp³-hybridized carbons (Fsp3) is 0.391. The number of piperidine rings is 1. The van der Waals surface area contributed by atoms with Crippen molar-refractivity contribution in [2.75, 3.05) is 24.5 Å². The van der Waals surface area contributed by atoms with Crippen molar-refractivity contribution in [3.8, 4) is 22.8 Å². The average molecular weight is 400 g/mol. The number of rotatable bonds is 3. The molecule has 6 rings (SSSR count). The lowest BCUT2D eigenvalue weighted by Gasteiger charge is -2.27. The predicted molar refractivity (Wildman–Crippen MR) is 114 cm³/mol. The van der Waals surface area contributed by atoms with Gasteiger partial charge in [0.2, 0.25) is 0 Å². The molecule has 30 heavy (non-hydrogen) atoms. The molecule has 3 aromatic rings. The largest absolute Gasteiger partial charge is 0.357 e. The van der Waals surface area contributed by atoms with E-state index in [1.807, 2.05) is 24.4 Å². The monoisotopic (exact) mass is 400 g/mol. The van der Waals surface area contributed by atoms with Crippen LogP contribution in [-0.2, 0) is 5.41 Å². The second kappa shape index (κ2) is 6.65. The minimum atomic E-state index is -0.00296. The molecule has 7 nitrogen and oxygen atoms in total. The van der Waals surface area contributed by atoms with Gasteiger partial charge in [0.1, 0.15) is 5.82 Å². The van der Waals surface area contributed by atoms with Crippen molar-refractivity contribution >= 4 is 11.7 Å². The molecule has 0 unspecified atom stereocenters. The average Bonchev–Trinajstić information content (AvgIpc) is 3.44. The van der Waals surface area contributed by atoms with Crippen molar-refractivity contribution in [1.82, 2.24) is 25.3 Å². The van der Waals surface area contributed by atoms with Gasteiger partial charge in [0.15, 0.2) is 5.82 Å². The molecule has 1 saturated heterocycles. The molecule has 0 aromatic carbocycles. The van der Waals surface area contributed by atoms with Crippen molar-refractivity contribution < 1.29 is 4.79 Å². The number of pyridine rings is 1. The smallest absolute Gasteiger partial charge is 0.253 e. The summed E-state index contributed by atoms with van der Waals surface area (Å²) in [5.74, 6) is 1.66. The molecule has 1 saturated carbocycles. The van der Waals surface area contributed by atoms with Crippen LogP contribution in [0, 0.1) is 0 Å². The van der Waals surface area contributed by atoms with Crippen molar-refractivity contribution in [1.29, 1.82) is 0 Å². The van der Waals surface area contributed by atoms with Gasteiger partial charge in [-0.15, -0.1) is 0 Å². The normalized spacial score (nSPS) is 19.5. The topological polar surface area (TPSA) is 86.8 Å². The highest BCUT2D eigenvalue weighted by Crippen LogP contribution is 2.50. The maximum absolute atomic E-state index is 12.3. The second-order valence-corrected chi connectivity index (χ2v) is 8.65. The van der Waals surface area contributed by atoms with Crippen molar-refractivity contribution in [3.63, 3.8) is 0 Å². The van der Waals surface area contributed by atoms with Crippen molar-refractivity contribution in [2.45, 2.75) is 37.5 Å². The van der Waals surface area contributed by atoms with Crippen LogP contribution in [0.15, 0.2) is 36.7 Å². The maximum Gasteiger partial charge on any atom is 0.253 e. The van der Waals surface area contributed by atoms with Crippen molar-refractivity contribution in [2.24, 2.45) is 0 Å². The van der Waals surface area contributed by atoms with E-state index >= 15 is 0 Å². The zero-order valence-electron chi connectivity index (χ0n) is 16.8. The van der Waals surface area contributed by atoms with E-state index in [0.717, 1.165) is 66.5 Å². The summed E-state index contributed by atoms with van der Waals surface area (Å²) in [5.41, 5.74) is 4.47. The summed E-state index contributed by atoms with van der Waals surface area (Å²) >= 11 is 0. The van der Waals surface area contributed by atoms with Crippen LogP contribution in [0.4, 0.5) is 5.82 Å². The number of hydrogen-bond donors (Lipinski definition) is 2. The van der Waals surface area contributed by atoms with E-state index in [9.17, 15) is 4.79 Å². The summed E-state index contributed by atoms with van der Waals surface area (Å²) in [6.45, 7) is 2.87. The zero-order chi connectivity index (χ0) is 20.1. The molecule has 5 heterocycles. The fourth-order valence-corrected chi connectivity index (χ4v) is 4.68. The van der Waals surface area contributed by atoms with E-state index in [-0.39, 0.29) is 11.3 Å². The van der Waals surface area contributed by atoms with Gasteiger partial charge in [0.25, 0.3) is 5.91 Å².